The summed E-state index contributed by atoms with van der Waals surface area (Å²) in [5, 5.41) is 14.3. The van der Waals surface area contributed by atoms with Crippen molar-refractivity contribution in [2.75, 3.05) is 0 Å². The molecule has 9 rings (SSSR count). The van der Waals surface area contributed by atoms with Crippen LogP contribution in [-0.2, 0) is 0 Å². The molecule has 0 saturated carbocycles. The Kier molecular flexibility index (Phi) is 5.98. The molecule has 6 aromatic carbocycles. The zero-order valence-electron chi connectivity index (χ0n) is 24.4. The van der Waals surface area contributed by atoms with Gasteiger partial charge in [0.05, 0.1) is 22.7 Å². The van der Waals surface area contributed by atoms with Crippen LogP contribution in [-0.4, -0.2) is 19.5 Å². The van der Waals surface area contributed by atoms with Crippen molar-refractivity contribution in [3.63, 3.8) is 0 Å². The second-order valence-electron chi connectivity index (χ2n) is 11.2. The monoisotopic (exact) mass is 605 g/mol. The van der Waals surface area contributed by atoms with Crippen LogP contribution in [0.3, 0.4) is 0 Å². The quantitative estimate of drug-likeness (QED) is 0.200. The molecule has 6 heteroatoms. The molecule has 3 heterocycles. The normalized spacial score (nSPS) is 11.5. The molecule has 0 aliphatic rings. The van der Waals surface area contributed by atoms with Crippen LogP contribution in [0.2, 0.25) is 0 Å². The molecular weight excluding hydrogens is 583 g/mol. The molecule has 0 bridgehead atoms. The molecule has 0 saturated heterocycles. The summed E-state index contributed by atoms with van der Waals surface area (Å²) in [5.74, 6) is 1.74. The fourth-order valence-electron chi connectivity index (χ4n) is 6.32. The van der Waals surface area contributed by atoms with E-state index < -0.39 is 0 Å². The lowest BCUT2D eigenvalue weighted by molar-refractivity contribution is 0.954. The van der Waals surface area contributed by atoms with E-state index in [1.54, 1.807) is 0 Å². The summed E-state index contributed by atoms with van der Waals surface area (Å²) in [6, 6.07) is 49.7. The Labute approximate surface area is 268 Å². The Morgan fingerprint density at radius 3 is 2.00 bits per heavy atom. The number of benzene rings is 6. The first-order valence-corrected chi connectivity index (χ1v) is 15.8. The minimum Gasteiger partial charge on any atom is -0.278 e. The van der Waals surface area contributed by atoms with Crippen LogP contribution in [0.15, 0.2) is 140 Å². The van der Waals surface area contributed by atoms with Crippen molar-refractivity contribution in [3.8, 4) is 45.9 Å². The molecule has 0 radical (unpaired) electrons. The van der Waals surface area contributed by atoms with Crippen molar-refractivity contribution in [2.45, 2.75) is 0 Å². The molecule has 0 atom stereocenters. The highest BCUT2D eigenvalue weighted by molar-refractivity contribution is 7.25. The van der Waals surface area contributed by atoms with Gasteiger partial charge in [-0.05, 0) is 53.6 Å². The summed E-state index contributed by atoms with van der Waals surface area (Å²) in [5.41, 5.74) is 6.45. The SMILES string of the molecule is N#Cc1cccc(-c2cccc(-c3nc(-c4ccccc4)nc(-n4c5ccccc5c5cc6sc7ccccc7c6cc54)n3)c2)c1. The number of rotatable bonds is 4. The number of para-hydroxylation sites is 1. The molecule has 0 amide bonds. The van der Waals surface area contributed by atoms with Gasteiger partial charge in [0.1, 0.15) is 0 Å². The van der Waals surface area contributed by atoms with Gasteiger partial charge in [0.25, 0.3) is 0 Å². The van der Waals surface area contributed by atoms with Gasteiger partial charge in [-0.15, -0.1) is 11.3 Å². The molecular formula is C40H23N5S. The second kappa shape index (κ2) is 10.5. The first-order chi connectivity index (χ1) is 22.7. The molecule has 0 aliphatic carbocycles. The molecule has 46 heavy (non-hydrogen) atoms. The van der Waals surface area contributed by atoms with E-state index in [0.717, 1.165) is 44.1 Å². The van der Waals surface area contributed by atoms with Gasteiger partial charge in [0.2, 0.25) is 5.95 Å². The van der Waals surface area contributed by atoms with E-state index in [1.165, 1.54) is 20.2 Å². The zero-order valence-corrected chi connectivity index (χ0v) is 25.2. The number of nitrogens with zero attached hydrogens (tertiary/aromatic N) is 5. The number of thiophene rings is 1. The molecule has 3 aromatic heterocycles. The number of hydrogen-bond acceptors (Lipinski definition) is 5. The summed E-state index contributed by atoms with van der Waals surface area (Å²) in [6.45, 7) is 0. The van der Waals surface area contributed by atoms with E-state index in [9.17, 15) is 5.26 Å². The topological polar surface area (TPSA) is 67.4 Å². The third kappa shape index (κ3) is 4.26. The van der Waals surface area contributed by atoms with Gasteiger partial charge in [0.15, 0.2) is 11.6 Å². The number of hydrogen-bond donors (Lipinski definition) is 0. The van der Waals surface area contributed by atoms with Gasteiger partial charge in [0, 0.05) is 42.1 Å². The minimum atomic E-state index is 0.561. The zero-order chi connectivity index (χ0) is 30.6. The average molecular weight is 606 g/mol. The van der Waals surface area contributed by atoms with E-state index in [-0.39, 0.29) is 0 Å². The Bertz CT molecular complexity index is 2660. The van der Waals surface area contributed by atoms with Crippen molar-refractivity contribution < 1.29 is 0 Å². The maximum atomic E-state index is 9.47. The number of fused-ring (bicyclic) bond motifs is 6. The molecule has 214 valence electrons. The maximum Gasteiger partial charge on any atom is 0.238 e. The summed E-state index contributed by atoms with van der Waals surface area (Å²) >= 11 is 1.82. The van der Waals surface area contributed by atoms with Gasteiger partial charge in [-0.25, -0.2) is 4.98 Å². The van der Waals surface area contributed by atoms with Crippen LogP contribution in [0.5, 0.6) is 0 Å². The standard InChI is InChI=1S/C40H23N5S/c41-24-25-10-8-13-27(20-25)28-14-9-15-29(21-28)39-42-38(26-11-2-1-3-12-26)43-40(44-39)45-34-18-6-4-16-30(34)32-23-37-33(22-35(32)45)31-17-5-7-19-36(31)46-37/h1-23H. The van der Waals surface area contributed by atoms with Crippen molar-refractivity contribution in [1.82, 2.24) is 19.5 Å². The van der Waals surface area contributed by atoms with Gasteiger partial charge >= 0.3 is 0 Å². The Balaban J connectivity index is 1.32. The Hall–Kier alpha value is -6.16. The third-order valence-corrected chi connectivity index (χ3v) is 9.61. The van der Waals surface area contributed by atoms with E-state index in [0.29, 0.717) is 23.2 Å². The van der Waals surface area contributed by atoms with Crippen LogP contribution >= 0.6 is 11.3 Å². The third-order valence-electron chi connectivity index (χ3n) is 8.47. The van der Waals surface area contributed by atoms with E-state index in [2.05, 4.69) is 77.4 Å². The lowest BCUT2D eigenvalue weighted by atomic mass is 10.0. The van der Waals surface area contributed by atoms with Gasteiger partial charge in [-0.3, -0.25) is 4.57 Å². The van der Waals surface area contributed by atoms with Crippen molar-refractivity contribution in [3.05, 3.63) is 145 Å². The van der Waals surface area contributed by atoms with Crippen LogP contribution in [0, 0.1) is 11.3 Å². The molecule has 0 aliphatic heterocycles. The highest BCUT2D eigenvalue weighted by Gasteiger charge is 2.19. The Morgan fingerprint density at radius 1 is 0.478 bits per heavy atom. The number of nitriles is 1. The minimum absolute atomic E-state index is 0.561. The van der Waals surface area contributed by atoms with E-state index >= 15 is 0 Å². The van der Waals surface area contributed by atoms with Crippen LogP contribution in [0.25, 0.3) is 81.8 Å². The second-order valence-corrected chi connectivity index (χ2v) is 12.3. The average Bonchev–Trinajstić information content (AvgIpc) is 3.65. The predicted molar refractivity (Wildman–Crippen MR) is 188 cm³/mol. The first kappa shape index (κ1) is 26.3. The summed E-state index contributed by atoms with van der Waals surface area (Å²) in [7, 11) is 0. The lowest BCUT2D eigenvalue weighted by Gasteiger charge is -2.12. The fraction of sp³-hybridized carbons (Fsp3) is 0. The van der Waals surface area contributed by atoms with Crippen molar-refractivity contribution >= 4 is 53.3 Å². The molecule has 0 unspecified atom stereocenters. The molecule has 5 nitrogen and oxygen atoms in total. The molecule has 0 N–H and O–H groups in total. The van der Waals surface area contributed by atoms with Gasteiger partial charge in [-0.2, -0.15) is 15.2 Å². The molecule has 0 fully saturated rings. The van der Waals surface area contributed by atoms with Gasteiger partial charge < -0.3 is 0 Å². The van der Waals surface area contributed by atoms with Crippen LogP contribution in [0.1, 0.15) is 5.56 Å². The Morgan fingerprint density at radius 2 is 1.15 bits per heavy atom. The van der Waals surface area contributed by atoms with E-state index in [4.69, 9.17) is 15.0 Å². The largest absolute Gasteiger partial charge is 0.278 e. The number of aromatic nitrogens is 4. The first-order valence-electron chi connectivity index (χ1n) is 15.0. The van der Waals surface area contributed by atoms with Crippen LogP contribution in [0.4, 0.5) is 0 Å². The van der Waals surface area contributed by atoms with Crippen LogP contribution < -0.4 is 0 Å². The lowest BCUT2D eigenvalue weighted by Crippen LogP contribution is -2.06. The smallest absolute Gasteiger partial charge is 0.238 e. The van der Waals surface area contributed by atoms with Crippen molar-refractivity contribution in [2.24, 2.45) is 0 Å². The predicted octanol–water partition coefficient (Wildman–Crippen LogP) is 10.2. The summed E-state index contributed by atoms with van der Waals surface area (Å²) in [4.78, 5) is 15.3. The highest BCUT2D eigenvalue weighted by atomic mass is 32.1. The summed E-state index contributed by atoms with van der Waals surface area (Å²) < 4.78 is 4.71. The van der Waals surface area contributed by atoms with E-state index in [1.807, 2.05) is 84.1 Å². The summed E-state index contributed by atoms with van der Waals surface area (Å²) in [6.07, 6.45) is 0. The van der Waals surface area contributed by atoms with Crippen molar-refractivity contribution in [1.29, 1.82) is 5.26 Å². The maximum absolute atomic E-state index is 9.47. The molecule has 9 aromatic rings. The fourth-order valence-corrected chi connectivity index (χ4v) is 7.45. The van der Waals surface area contributed by atoms with Gasteiger partial charge in [-0.1, -0.05) is 97.1 Å². The molecule has 0 spiro atoms. The highest BCUT2D eigenvalue weighted by Crippen LogP contribution is 2.40.